The van der Waals surface area contributed by atoms with Gasteiger partial charge in [-0.25, -0.2) is 4.79 Å². The smallest absolute Gasteiger partial charge is 0.341 e. The second-order valence-electron chi connectivity index (χ2n) is 4.88. The minimum atomic E-state index is -0.718. The Balaban J connectivity index is 3.05. The highest BCUT2D eigenvalue weighted by Gasteiger charge is 2.76. The zero-order valence-electron chi connectivity index (χ0n) is 10.6. The molecule has 0 aromatic rings. The fourth-order valence-corrected chi connectivity index (χ4v) is 2.76. The summed E-state index contributed by atoms with van der Waals surface area (Å²) in [7, 11) is 1.43. The van der Waals surface area contributed by atoms with E-state index in [9.17, 15) is 4.79 Å². The Kier molecular flexibility index (Phi) is 3.15. The van der Waals surface area contributed by atoms with Crippen LogP contribution in [-0.4, -0.2) is 24.3 Å². The highest BCUT2D eigenvalue weighted by molar-refractivity contribution is 5.85. The maximum atomic E-state index is 11.9. The summed E-state index contributed by atoms with van der Waals surface area (Å²) >= 11 is 0. The predicted octanol–water partition coefficient (Wildman–Crippen LogP) is 2.39. The van der Waals surface area contributed by atoms with Crippen LogP contribution in [0.1, 0.15) is 41.0 Å². The van der Waals surface area contributed by atoms with Crippen LogP contribution < -0.4 is 0 Å². The van der Waals surface area contributed by atoms with E-state index in [-0.39, 0.29) is 17.5 Å². The van der Waals surface area contributed by atoms with Gasteiger partial charge in [0.25, 0.3) is 0 Å². The largest absolute Gasteiger partial charge is 0.467 e. The number of hydrogen-bond donors (Lipinski definition) is 0. The summed E-state index contributed by atoms with van der Waals surface area (Å²) in [6.07, 6.45) is 0.845. The van der Waals surface area contributed by atoms with E-state index < -0.39 is 5.60 Å². The average molecular weight is 214 g/mol. The molecule has 1 saturated heterocycles. The van der Waals surface area contributed by atoms with Gasteiger partial charge in [-0.05, 0) is 18.3 Å². The SMILES string of the molecule is CCC1(C(C)C)OC1(C(=O)OC)C(C)C. The molecular weight excluding hydrogens is 192 g/mol. The van der Waals surface area contributed by atoms with E-state index in [1.807, 2.05) is 13.8 Å². The number of carbonyl (C=O) groups excluding carboxylic acids is 1. The van der Waals surface area contributed by atoms with Crippen LogP contribution in [0.5, 0.6) is 0 Å². The monoisotopic (exact) mass is 214 g/mol. The molecule has 1 fully saturated rings. The lowest BCUT2D eigenvalue weighted by atomic mass is 9.76. The predicted molar refractivity (Wildman–Crippen MR) is 58.5 cm³/mol. The zero-order chi connectivity index (χ0) is 11.9. The van der Waals surface area contributed by atoms with E-state index >= 15 is 0 Å². The Morgan fingerprint density at radius 2 is 1.80 bits per heavy atom. The van der Waals surface area contributed by atoms with Gasteiger partial charge in [-0.15, -0.1) is 0 Å². The molecule has 15 heavy (non-hydrogen) atoms. The highest BCUT2D eigenvalue weighted by Crippen LogP contribution is 2.59. The van der Waals surface area contributed by atoms with Gasteiger partial charge in [-0.1, -0.05) is 34.6 Å². The van der Waals surface area contributed by atoms with Crippen molar-refractivity contribution in [3.05, 3.63) is 0 Å². The molecule has 1 heterocycles. The van der Waals surface area contributed by atoms with E-state index in [0.717, 1.165) is 6.42 Å². The molecule has 0 aromatic carbocycles. The summed E-state index contributed by atoms with van der Waals surface area (Å²) < 4.78 is 10.7. The standard InChI is InChI=1S/C12H22O3/c1-7-11(8(2)3)12(15-11,9(4)5)10(13)14-6/h8-9H,7H2,1-6H3. The Hall–Kier alpha value is -0.570. The van der Waals surface area contributed by atoms with Crippen molar-refractivity contribution in [2.24, 2.45) is 11.8 Å². The molecule has 0 bridgehead atoms. The van der Waals surface area contributed by atoms with Crippen LogP contribution in [0.15, 0.2) is 0 Å². The second-order valence-corrected chi connectivity index (χ2v) is 4.88. The van der Waals surface area contributed by atoms with Crippen molar-refractivity contribution < 1.29 is 14.3 Å². The first-order valence-electron chi connectivity index (χ1n) is 5.67. The molecular formula is C12H22O3. The van der Waals surface area contributed by atoms with Crippen molar-refractivity contribution >= 4 is 5.97 Å². The van der Waals surface area contributed by atoms with Crippen LogP contribution in [-0.2, 0) is 14.3 Å². The van der Waals surface area contributed by atoms with Gasteiger partial charge in [-0.2, -0.15) is 0 Å². The molecule has 1 aliphatic heterocycles. The van der Waals surface area contributed by atoms with Gasteiger partial charge in [0, 0.05) is 0 Å². The van der Waals surface area contributed by atoms with E-state index in [1.165, 1.54) is 7.11 Å². The number of rotatable bonds is 4. The van der Waals surface area contributed by atoms with Crippen LogP contribution in [0, 0.1) is 11.8 Å². The maximum Gasteiger partial charge on any atom is 0.341 e. The van der Waals surface area contributed by atoms with Crippen molar-refractivity contribution in [1.82, 2.24) is 0 Å². The summed E-state index contributed by atoms with van der Waals surface area (Å²) in [5.41, 5.74) is -1.04. The van der Waals surface area contributed by atoms with Crippen molar-refractivity contribution in [1.29, 1.82) is 0 Å². The van der Waals surface area contributed by atoms with Crippen molar-refractivity contribution in [2.45, 2.75) is 52.2 Å². The lowest BCUT2D eigenvalue weighted by Gasteiger charge is -2.22. The van der Waals surface area contributed by atoms with Crippen LogP contribution in [0.25, 0.3) is 0 Å². The Labute approximate surface area is 92.1 Å². The highest BCUT2D eigenvalue weighted by atomic mass is 16.7. The summed E-state index contributed by atoms with van der Waals surface area (Å²) in [6.45, 7) is 10.3. The summed E-state index contributed by atoms with van der Waals surface area (Å²) in [5.74, 6) is 0.240. The van der Waals surface area contributed by atoms with Crippen molar-refractivity contribution in [3.63, 3.8) is 0 Å². The normalized spacial score (nSPS) is 34.7. The first-order chi connectivity index (χ1) is 6.89. The number of carbonyl (C=O) groups is 1. The van der Waals surface area contributed by atoms with E-state index in [0.29, 0.717) is 5.92 Å². The molecule has 1 aliphatic rings. The fraction of sp³-hybridized carbons (Fsp3) is 0.917. The molecule has 88 valence electrons. The lowest BCUT2D eigenvalue weighted by molar-refractivity contribution is -0.148. The van der Waals surface area contributed by atoms with Gasteiger partial charge in [-0.3, -0.25) is 0 Å². The van der Waals surface area contributed by atoms with Gasteiger partial charge in [0.1, 0.15) is 5.60 Å². The lowest BCUT2D eigenvalue weighted by Crippen LogP contribution is -2.42. The summed E-state index contributed by atoms with van der Waals surface area (Å²) in [6, 6.07) is 0. The molecule has 0 spiro atoms. The van der Waals surface area contributed by atoms with Crippen LogP contribution in [0.3, 0.4) is 0 Å². The molecule has 2 atom stereocenters. The third-order valence-electron chi connectivity index (χ3n) is 3.69. The van der Waals surface area contributed by atoms with Crippen molar-refractivity contribution in [2.75, 3.05) is 7.11 Å². The van der Waals surface area contributed by atoms with E-state index in [1.54, 1.807) is 0 Å². The number of hydrogen-bond acceptors (Lipinski definition) is 3. The molecule has 0 aromatic heterocycles. The molecule has 2 unspecified atom stereocenters. The molecule has 0 amide bonds. The Bertz CT molecular complexity index is 260. The minimum absolute atomic E-state index is 0.146. The Morgan fingerprint density at radius 3 is 2.00 bits per heavy atom. The molecule has 3 nitrogen and oxygen atoms in total. The maximum absolute atomic E-state index is 11.9. The molecule has 0 N–H and O–H groups in total. The zero-order valence-corrected chi connectivity index (χ0v) is 10.6. The second kappa shape index (κ2) is 3.78. The molecule has 3 heteroatoms. The van der Waals surface area contributed by atoms with Gasteiger partial charge in [0.05, 0.1) is 7.11 Å². The quantitative estimate of drug-likeness (QED) is 0.533. The summed E-state index contributed by atoms with van der Waals surface area (Å²) in [5, 5.41) is 0. The molecule has 1 rings (SSSR count). The van der Waals surface area contributed by atoms with Crippen LogP contribution >= 0.6 is 0 Å². The number of ether oxygens (including phenoxy) is 2. The first kappa shape index (κ1) is 12.5. The molecule has 0 saturated carbocycles. The Morgan fingerprint density at radius 1 is 1.27 bits per heavy atom. The number of epoxide rings is 1. The van der Waals surface area contributed by atoms with Gasteiger partial charge < -0.3 is 9.47 Å². The van der Waals surface area contributed by atoms with Gasteiger partial charge >= 0.3 is 5.97 Å². The van der Waals surface area contributed by atoms with E-state index in [4.69, 9.17) is 9.47 Å². The fourth-order valence-electron chi connectivity index (χ4n) is 2.76. The average Bonchev–Trinajstić information content (AvgIpc) is 2.88. The number of esters is 1. The number of methoxy groups -OCH3 is 1. The molecule has 0 aliphatic carbocycles. The van der Waals surface area contributed by atoms with Crippen LogP contribution in [0.2, 0.25) is 0 Å². The minimum Gasteiger partial charge on any atom is -0.467 e. The third kappa shape index (κ3) is 1.40. The third-order valence-corrected chi connectivity index (χ3v) is 3.69. The van der Waals surface area contributed by atoms with Crippen molar-refractivity contribution in [3.8, 4) is 0 Å². The summed E-state index contributed by atoms with van der Waals surface area (Å²) in [4.78, 5) is 11.9. The van der Waals surface area contributed by atoms with Crippen LogP contribution in [0.4, 0.5) is 0 Å². The first-order valence-corrected chi connectivity index (χ1v) is 5.67. The molecule has 0 radical (unpaired) electrons. The topological polar surface area (TPSA) is 38.8 Å². The van der Waals surface area contributed by atoms with E-state index in [2.05, 4.69) is 20.8 Å². The van der Waals surface area contributed by atoms with Gasteiger partial charge in [0.15, 0.2) is 5.60 Å². The van der Waals surface area contributed by atoms with Gasteiger partial charge in [0.2, 0.25) is 0 Å².